The lowest BCUT2D eigenvalue weighted by atomic mass is 9.92. The number of piperidine rings is 1. The summed E-state index contributed by atoms with van der Waals surface area (Å²) in [6, 6.07) is 4.96. The van der Waals surface area contributed by atoms with Crippen LogP contribution in [-0.2, 0) is 11.3 Å². The summed E-state index contributed by atoms with van der Waals surface area (Å²) in [4.78, 5) is 12.8. The third kappa shape index (κ3) is 4.70. The number of hydrogen-bond acceptors (Lipinski definition) is 3. The zero-order valence-electron chi connectivity index (χ0n) is 12.3. The summed E-state index contributed by atoms with van der Waals surface area (Å²) in [6.07, 6.45) is 2.98. The normalized spacial score (nSPS) is 16.9. The fourth-order valence-corrected chi connectivity index (χ4v) is 2.78. The molecule has 116 valence electrons. The average molecular weight is 295 g/mol. The first-order chi connectivity index (χ1) is 10.1. The van der Waals surface area contributed by atoms with Crippen molar-refractivity contribution in [1.29, 1.82) is 0 Å². The predicted molar refractivity (Wildman–Crippen MR) is 77.8 cm³/mol. The lowest BCUT2D eigenvalue weighted by Crippen LogP contribution is -2.33. The molecule has 1 aliphatic heterocycles. The predicted octanol–water partition coefficient (Wildman–Crippen LogP) is 2.91. The Morgan fingerprint density at radius 1 is 1.43 bits per heavy atom. The van der Waals surface area contributed by atoms with Crippen LogP contribution in [0.2, 0.25) is 0 Å². The van der Waals surface area contributed by atoms with E-state index in [2.05, 4.69) is 4.90 Å². The summed E-state index contributed by atoms with van der Waals surface area (Å²) < 4.78 is 18.9. The van der Waals surface area contributed by atoms with Crippen LogP contribution in [0.1, 0.15) is 31.2 Å². The van der Waals surface area contributed by atoms with Gasteiger partial charge in [-0.3, -0.25) is 9.69 Å². The number of benzene rings is 1. The Morgan fingerprint density at radius 2 is 2.14 bits per heavy atom. The third-order valence-corrected chi connectivity index (χ3v) is 4.13. The van der Waals surface area contributed by atoms with Gasteiger partial charge in [-0.2, -0.15) is 0 Å². The molecule has 4 nitrogen and oxygen atoms in total. The quantitative estimate of drug-likeness (QED) is 0.876. The van der Waals surface area contributed by atoms with Gasteiger partial charge in [0.25, 0.3) is 0 Å². The Bertz CT molecular complexity index is 484. The number of hydrogen-bond donors (Lipinski definition) is 1. The SMILES string of the molecule is COc1ccc(CN2CCC(CCC(=O)O)CC2)c(F)c1. The summed E-state index contributed by atoms with van der Waals surface area (Å²) in [6.45, 7) is 2.40. The van der Waals surface area contributed by atoms with E-state index < -0.39 is 5.97 Å². The van der Waals surface area contributed by atoms with E-state index in [1.807, 2.05) is 0 Å². The molecular formula is C16H22FNO3. The van der Waals surface area contributed by atoms with Crippen molar-refractivity contribution in [1.82, 2.24) is 4.90 Å². The second-order valence-electron chi connectivity index (χ2n) is 5.61. The van der Waals surface area contributed by atoms with E-state index in [0.717, 1.165) is 32.4 Å². The van der Waals surface area contributed by atoms with E-state index in [4.69, 9.17) is 9.84 Å². The van der Waals surface area contributed by atoms with Crippen LogP contribution >= 0.6 is 0 Å². The maximum atomic E-state index is 13.9. The van der Waals surface area contributed by atoms with Gasteiger partial charge in [0.1, 0.15) is 11.6 Å². The Labute approximate surface area is 124 Å². The summed E-state index contributed by atoms with van der Waals surface area (Å²) >= 11 is 0. The van der Waals surface area contributed by atoms with E-state index in [-0.39, 0.29) is 12.2 Å². The van der Waals surface area contributed by atoms with Gasteiger partial charge in [-0.1, -0.05) is 6.07 Å². The Morgan fingerprint density at radius 3 is 2.71 bits per heavy atom. The van der Waals surface area contributed by atoms with Crippen LogP contribution in [0.4, 0.5) is 4.39 Å². The lowest BCUT2D eigenvalue weighted by Gasteiger charge is -2.31. The number of aliphatic carboxylic acids is 1. The molecule has 1 aromatic rings. The number of nitrogens with zero attached hydrogens (tertiary/aromatic N) is 1. The molecule has 0 atom stereocenters. The Hall–Kier alpha value is -1.62. The van der Waals surface area contributed by atoms with Crippen LogP contribution in [0.15, 0.2) is 18.2 Å². The van der Waals surface area contributed by atoms with Crippen molar-refractivity contribution in [3.05, 3.63) is 29.6 Å². The molecule has 0 bridgehead atoms. The highest BCUT2D eigenvalue weighted by atomic mass is 19.1. The number of carbonyl (C=O) groups is 1. The highest BCUT2D eigenvalue weighted by Gasteiger charge is 2.20. The zero-order chi connectivity index (χ0) is 15.2. The fourth-order valence-electron chi connectivity index (χ4n) is 2.78. The summed E-state index contributed by atoms with van der Waals surface area (Å²) in [5.74, 6) is 0.0572. The first kappa shape index (κ1) is 15.8. The number of likely N-dealkylation sites (tertiary alicyclic amines) is 1. The molecule has 1 saturated heterocycles. The summed E-state index contributed by atoms with van der Waals surface area (Å²) in [5, 5.41) is 8.70. The fraction of sp³-hybridized carbons (Fsp3) is 0.562. The molecule has 5 heteroatoms. The second kappa shape index (κ2) is 7.41. The van der Waals surface area contributed by atoms with E-state index in [1.54, 1.807) is 12.1 Å². The van der Waals surface area contributed by atoms with Gasteiger partial charge < -0.3 is 9.84 Å². The molecule has 0 amide bonds. The van der Waals surface area contributed by atoms with E-state index in [0.29, 0.717) is 23.8 Å². The Balaban J connectivity index is 1.82. The van der Waals surface area contributed by atoms with Crippen LogP contribution in [0.5, 0.6) is 5.75 Å². The first-order valence-corrected chi connectivity index (χ1v) is 7.35. The standard InChI is InChI=1S/C16H22FNO3/c1-21-14-4-3-13(15(17)10-14)11-18-8-6-12(7-9-18)2-5-16(19)20/h3-4,10,12H,2,5-9,11H2,1H3,(H,19,20). The molecule has 0 unspecified atom stereocenters. The van der Waals surface area contributed by atoms with Crippen LogP contribution in [-0.4, -0.2) is 36.2 Å². The minimum Gasteiger partial charge on any atom is -0.497 e. The minimum atomic E-state index is -0.724. The number of methoxy groups -OCH3 is 1. The van der Waals surface area contributed by atoms with Gasteiger partial charge in [0, 0.05) is 24.6 Å². The second-order valence-corrected chi connectivity index (χ2v) is 5.61. The molecule has 0 saturated carbocycles. The van der Waals surface area contributed by atoms with Crippen LogP contribution in [0.3, 0.4) is 0 Å². The van der Waals surface area contributed by atoms with E-state index >= 15 is 0 Å². The summed E-state index contributed by atoms with van der Waals surface area (Å²) in [7, 11) is 1.52. The van der Waals surface area contributed by atoms with E-state index in [9.17, 15) is 9.18 Å². The van der Waals surface area contributed by atoms with Crippen LogP contribution in [0.25, 0.3) is 0 Å². The average Bonchev–Trinajstić information content (AvgIpc) is 2.48. The zero-order valence-corrected chi connectivity index (χ0v) is 12.3. The highest BCUT2D eigenvalue weighted by molar-refractivity contribution is 5.66. The molecule has 1 N–H and O–H groups in total. The van der Waals surface area contributed by atoms with Crippen molar-refractivity contribution in [3.8, 4) is 5.75 Å². The molecule has 1 fully saturated rings. The van der Waals surface area contributed by atoms with Crippen molar-refractivity contribution < 1.29 is 19.0 Å². The smallest absolute Gasteiger partial charge is 0.303 e. The molecule has 1 aromatic carbocycles. The number of carboxylic acid groups (broad SMARTS) is 1. The van der Waals surface area contributed by atoms with Gasteiger partial charge in [-0.15, -0.1) is 0 Å². The van der Waals surface area contributed by atoms with Gasteiger partial charge in [0.05, 0.1) is 7.11 Å². The molecule has 1 aliphatic rings. The molecule has 0 aromatic heterocycles. The van der Waals surface area contributed by atoms with Crippen molar-refractivity contribution in [2.45, 2.75) is 32.2 Å². The molecular weight excluding hydrogens is 273 g/mol. The van der Waals surface area contributed by atoms with Gasteiger partial charge >= 0.3 is 5.97 Å². The molecule has 21 heavy (non-hydrogen) atoms. The maximum Gasteiger partial charge on any atom is 0.303 e. The minimum absolute atomic E-state index is 0.234. The number of ether oxygens (including phenoxy) is 1. The topological polar surface area (TPSA) is 49.8 Å². The molecule has 2 rings (SSSR count). The number of halogens is 1. The lowest BCUT2D eigenvalue weighted by molar-refractivity contribution is -0.137. The maximum absolute atomic E-state index is 13.9. The van der Waals surface area contributed by atoms with Crippen molar-refractivity contribution >= 4 is 5.97 Å². The molecule has 0 aliphatic carbocycles. The van der Waals surface area contributed by atoms with Crippen molar-refractivity contribution in [2.75, 3.05) is 20.2 Å². The van der Waals surface area contributed by atoms with Gasteiger partial charge in [0.15, 0.2) is 0 Å². The molecule has 0 spiro atoms. The largest absolute Gasteiger partial charge is 0.497 e. The number of rotatable bonds is 6. The third-order valence-electron chi connectivity index (χ3n) is 4.13. The van der Waals surface area contributed by atoms with Gasteiger partial charge in [0.2, 0.25) is 0 Å². The van der Waals surface area contributed by atoms with Crippen LogP contribution < -0.4 is 4.74 Å². The van der Waals surface area contributed by atoms with Gasteiger partial charge in [-0.25, -0.2) is 4.39 Å². The van der Waals surface area contributed by atoms with Crippen LogP contribution in [0, 0.1) is 11.7 Å². The van der Waals surface area contributed by atoms with Gasteiger partial charge in [-0.05, 0) is 44.3 Å². The molecule has 1 heterocycles. The number of carboxylic acids is 1. The first-order valence-electron chi connectivity index (χ1n) is 7.35. The van der Waals surface area contributed by atoms with Crippen molar-refractivity contribution in [2.24, 2.45) is 5.92 Å². The molecule has 0 radical (unpaired) electrons. The highest BCUT2D eigenvalue weighted by Crippen LogP contribution is 2.24. The Kier molecular flexibility index (Phi) is 5.56. The van der Waals surface area contributed by atoms with Crippen molar-refractivity contribution in [3.63, 3.8) is 0 Å². The summed E-state index contributed by atoms with van der Waals surface area (Å²) in [5.41, 5.74) is 0.680. The van der Waals surface area contributed by atoms with E-state index in [1.165, 1.54) is 13.2 Å². The monoisotopic (exact) mass is 295 g/mol.